The molecule has 1 aromatic heterocycles. The third-order valence-electron chi connectivity index (χ3n) is 3.92. The van der Waals surface area contributed by atoms with Crippen molar-refractivity contribution in [2.45, 2.75) is 70.3 Å². The molecule has 1 heterocycles. The first-order valence-electron chi connectivity index (χ1n) is 6.78. The molecule has 2 N–H and O–H groups in total. The van der Waals surface area contributed by atoms with Crippen LogP contribution in [0, 0.1) is 0 Å². The Labute approximate surface area is 103 Å². The zero-order valence-corrected chi connectivity index (χ0v) is 10.9. The maximum absolute atomic E-state index is 6.44. The van der Waals surface area contributed by atoms with Crippen molar-refractivity contribution < 1.29 is 4.52 Å². The summed E-state index contributed by atoms with van der Waals surface area (Å²) in [6.07, 6.45) is 7.83. The topological polar surface area (TPSA) is 64.9 Å². The van der Waals surface area contributed by atoms with Crippen molar-refractivity contribution in [3.63, 3.8) is 0 Å². The molecule has 1 unspecified atom stereocenters. The highest BCUT2D eigenvalue weighted by atomic mass is 16.5. The van der Waals surface area contributed by atoms with Crippen LogP contribution in [0.3, 0.4) is 0 Å². The fourth-order valence-electron chi connectivity index (χ4n) is 2.39. The van der Waals surface area contributed by atoms with E-state index >= 15 is 0 Å². The zero-order valence-electron chi connectivity index (χ0n) is 10.9. The van der Waals surface area contributed by atoms with Crippen molar-refractivity contribution in [2.75, 3.05) is 0 Å². The Balaban J connectivity index is 2.17. The molecule has 1 fully saturated rings. The van der Waals surface area contributed by atoms with Gasteiger partial charge in [-0.2, -0.15) is 4.98 Å². The Morgan fingerprint density at radius 3 is 2.53 bits per heavy atom. The van der Waals surface area contributed by atoms with Crippen molar-refractivity contribution in [2.24, 2.45) is 5.73 Å². The van der Waals surface area contributed by atoms with Crippen molar-refractivity contribution in [3.8, 4) is 0 Å². The SMILES string of the molecule is CCC(C)c1noc(C2(N)CCCCCC2)n1. The molecule has 96 valence electrons. The van der Waals surface area contributed by atoms with Crippen LogP contribution < -0.4 is 5.73 Å². The fraction of sp³-hybridized carbons (Fsp3) is 0.846. The summed E-state index contributed by atoms with van der Waals surface area (Å²) in [5.41, 5.74) is 6.06. The third kappa shape index (κ3) is 2.68. The Kier molecular flexibility index (Phi) is 3.82. The molecule has 1 aliphatic carbocycles. The van der Waals surface area contributed by atoms with E-state index in [-0.39, 0.29) is 5.54 Å². The lowest BCUT2D eigenvalue weighted by Crippen LogP contribution is -2.36. The predicted molar refractivity (Wildman–Crippen MR) is 66.6 cm³/mol. The standard InChI is InChI=1S/C13H23N3O/c1-3-10(2)11-15-12(17-16-11)13(14)8-6-4-5-7-9-13/h10H,3-9,14H2,1-2H3. The molecule has 0 amide bonds. The molecule has 1 aromatic rings. The van der Waals surface area contributed by atoms with Gasteiger partial charge in [0.1, 0.15) is 0 Å². The van der Waals surface area contributed by atoms with Gasteiger partial charge in [0.2, 0.25) is 5.89 Å². The van der Waals surface area contributed by atoms with Gasteiger partial charge in [-0.25, -0.2) is 0 Å². The van der Waals surface area contributed by atoms with Crippen molar-refractivity contribution in [1.29, 1.82) is 0 Å². The van der Waals surface area contributed by atoms with Crippen LogP contribution in [0.1, 0.15) is 76.4 Å². The predicted octanol–water partition coefficient (Wildman–Crippen LogP) is 3.09. The lowest BCUT2D eigenvalue weighted by Gasteiger charge is -2.22. The van der Waals surface area contributed by atoms with E-state index in [1.54, 1.807) is 0 Å². The van der Waals surface area contributed by atoms with Gasteiger partial charge in [0.15, 0.2) is 5.82 Å². The Morgan fingerprint density at radius 1 is 1.29 bits per heavy atom. The molecule has 1 saturated carbocycles. The van der Waals surface area contributed by atoms with Crippen LogP contribution in [0.25, 0.3) is 0 Å². The summed E-state index contributed by atoms with van der Waals surface area (Å²) < 4.78 is 5.40. The number of nitrogens with zero attached hydrogens (tertiary/aromatic N) is 2. The number of rotatable bonds is 3. The first-order chi connectivity index (χ1) is 8.15. The summed E-state index contributed by atoms with van der Waals surface area (Å²) in [7, 11) is 0. The van der Waals surface area contributed by atoms with Gasteiger partial charge < -0.3 is 10.3 Å². The zero-order chi connectivity index (χ0) is 12.3. The van der Waals surface area contributed by atoms with Crippen molar-refractivity contribution in [1.82, 2.24) is 10.1 Å². The van der Waals surface area contributed by atoms with Gasteiger partial charge in [-0.1, -0.05) is 44.7 Å². The molecular weight excluding hydrogens is 214 g/mol. The van der Waals surface area contributed by atoms with Gasteiger partial charge in [0, 0.05) is 5.92 Å². The van der Waals surface area contributed by atoms with E-state index in [0.717, 1.165) is 37.9 Å². The van der Waals surface area contributed by atoms with Gasteiger partial charge in [-0.05, 0) is 19.3 Å². The molecular formula is C13H23N3O. The van der Waals surface area contributed by atoms with Crippen LogP contribution in [0.4, 0.5) is 0 Å². The van der Waals surface area contributed by atoms with Crippen LogP contribution in [0.2, 0.25) is 0 Å². The van der Waals surface area contributed by atoms with E-state index in [2.05, 4.69) is 24.0 Å². The second kappa shape index (κ2) is 5.17. The van der Waals surface area contributed by atoms with E-state index in [9.17, 15) is 0 Å². The average molecular weight is 237 g/mol. The third-order valence-corrected chi connectivity index (χ3v) is 3.92. The number of hydrogen-bond donors (Lipinski definition) is 1. The molecule has 4 nitrogen and oxygen atoms in total. The molecule has 1 atom stereocenters. The summed E-state index contributed by atoms with van der Waals surface area (Å²) in [5, 5.41) is 4.07. The maximum atomic E-state index is 6.44. The summed E-state index contributed by atoms with van der Waals surface area (Å²) in [5.74, 6) is 1.80. The molecule has 0 aromatic carbocycles. The van der Waals surface area contributed by atoms with E-state index in [1.165, 1.54) is 12.8 Å². The minimum absolute atomic E-state index is 0.349. The molecule has 4 heteroatoms. The van der Waals surface area contributed by atoms with Gasteiger partial charge in [0.25, 0.3) is 0 Å². The lowest BCUT2D eigenvalue weighted by molar-refractivity contribution is 0.256. The number of aromatic nitrogens is 2. The van der Waals surface area contributed by atoms with Crippen LogP contribution >= 0.6 is 0 Å². The molecule has 2 rings (SSSR count). The van der Waals surface area contributed by atoms with Crippen LogP contribution in [-0.4, -0.2) is 10.1 Å². The summed E-state index contributed by atoms with van der Waals surface area (Å²) in [4.78, 5) is 4.52. The average Bonchev–Trinajstić information content (AvgIpc) is 2.73. The minimum Gasteiger partial charge on any atom is -0.337 e. The second-order valence-corrected chi connectivity index (χ2v) is 5.34. The highest BCUT2D eigenvalue weighted by molar-refractivity contribution is 5.04. The monoisotopic (exact) mass is 237 g/mol. The van der Waals surface area contributed by atoms with Crippen molar-refractivity contribution in [3.05, 3.63) is 11.7 Å². The van der Waals surface area contributed by atoms with Crippen LogP contribution in [0.15, 0.2) is 4.52 Å². The van der Waals surface area contributed by atoms with Gasteiger partial charge >= 0.3 is 0 Å². The second-order valence-electron chi connectivity index (χ2n) is 5.34. The Bertz CT molecular complexity index is 353. The molecule has 0 bridgehead atoms. The molecule has 0 radical (unpaired) electrons. The first-order valence-corrected chi connectivity index (χ1v) is 6.78. The van der Waals surface area contributed by atoms with Crippen LogP contribution in [-0.2, 0) is 5.54 Å². The number of hydrogen-bond acceptors (Lipinski definition) is 4. The fourth-order valence-corrected chi connectivity index (χ4v) is 2.39. The lowest BCUT2D eigenvalue weighted by atomic mass is 9.91. The quantitative estimate of drug-likeness (QED) is 0.820. The van der Waals surface area contributed by atoms with Gasteiger partial charge in [0.05, 0.1) is 5.54 Å². The van der Waals surface area contributed by atoms with E-state index in [4.69, 9.17) is 10.3 Å². The summed E-state index contributed by atoms with van der Waals surface area (Å²) >= 11 is 0. The molecule has 0 aliphatic heterocycles. The molecule has 0 spiro atoms. The number of nitrogens with two attached hydrogens (primary N) is 1. The van der Waals surface area contributed by atoms with E-state index < -0.39 is 0 Å². The minimum atomic E-state index is -0.380. The van der Waals surface area contributed by atoms with Gasteiger partial charge in [-0.3, -0.25) is 0 Å². The Morgan fingerprint density at radius 2 is 1.94 bits per heavy atom. The summed E-state index contributed by atoms with van der Waals surface area (Å²) in [6.45, 7) is 4.25. The molecule has 0 saturated heterocycles. The molecule has 1 aliphatic rings. The van der Waals surface area contributed by atoms with Gasteiger partial charge in [-0.15, -0.1) is 0 Å². The normalized spacial score (nSPS) is 22.1. The van der Waals surface area contributed by atoms with E-state index in [0.29, 0.717) is 11.8 Å². The van der Waals surface area contributed by atoms with Crippen molar-refractivity contribution >= 4 is 0 Å². The first kappa shape index (κ1) is 12.6. The van der Waals surface area contributed by atoms with Crippen LogP contribution in [0.5, 0.6) is 0 Å². The van der Waals surface area contributed by atoms with E-state index in [1.807, 2.05) is 0 Å². The largest absolute Gasteiger partial charge is 0.337 e. The molecule has 17 heavy (non-hydrogen) atoms. The summed E-state index contributed by atoms with van der Waals surface area (Å²) in [6, 6.07) is 0. The highest BCUT2D eigenvalue weighted by Crippen LogP contribution is 2.33. The Hall–Kier alpha value is -0.900. The smallest absolute Gasteiger partial charge is 0.246 e. The highest BCUT2D eigenvalue weighted by Gasteiger charge is 2.34. The maximum Gasteiger partial charge on any atom is 0.246 e.